The Morgan fingerprint density at radius 1 is 1.16 bits per heavy atom. The number of thiophene rings is 1. The molecule has 7 heteroatoms. The minimum Gasteiger partial charge on any atom is -0.383 e. The van der Waals surface area contributed by atoms with Crippen molar-refractivity contribution in [1.29, 1.82) is 0 Å². The molecule has 0 unspecified atom stereocenters. The Morgan fingerprint density at radius 2 is 1.95 bits per heavy atom. The third kappa shape index (κ3) is 4.10. The maximum Gasteiger partial charge on any atom is 0.158 e. The molecule has 0 bridgehead atoms. The first-order valence-electron chi connectivity index (χ1n) is 5.95. The van der Waals surface area contributed by atoms with Crippen LogP contribution in [0, 0.1) is 0 Å². The molecule has 0 saturated carbocycles. The first-order valence-corrected chi connectivity index (χ1v) is 6.83. The fourth-order valence-corrected chi connectivity index (χ4v) is 2.31. The van der Waals surface area contributed by atoms with Crippen molar-refractivity contribution in [3.63, 3.8) is 0 Å². The molecule has 0 saturated heterocycles. The highest BCUT2D eigenvalue weighted by molar-refractivity contribution is 7.16. The van der Waals surface area contributed by atoms with E-state index in [0.717, 1.165) is 10.2 Å². The molecular weight excluding hydrogens is 266 g/mol. The highest BCUT2D eigenvalue weighted by Crippen LogP contribution is 2.22. The standard InChI is InChI=1S/C12H17N3O3S/c1-16-3-4-17-5-6-18-8-10-14-11(13)9-2-7-19-12(9)15-10/h2,7H,3-6,8H2,1H3,(H2,13,14,15). The van der Waals surface area contributed by atoms with Crippen LogP contribution in [0.1, 0.15) is 5.82 Å². The average molecular weight is 283 g/mol. The van der Waals surface area contributed by atoms with Crippen LogP contribution in [0.5, 0.6) is 0 Å². The van der Waals surface area contributed by atoms with Gasteiger partial charge in [0.25, 0.3) is 0 Å². The van der Waals surface area contributed by atoms with Crippen molar-refractivity contribution < 1.29 is 14.2 Å². The molecule has 2 aromatic rings. The van der Waals surface area contributed by atoms with Crippen molar-refractivity contribution in [2.24, 2.45) is 0 Å². The smallest absolute Gasteiger partial charge is 0.158 e. The van der Waals surface area contributed by atoms with E-state index in [-0.39, 0.29) is 0 Å². The lowest BCUT2D eigenvalue weighted by Gasteiger charge is -2.05. The number of anilines is 1. The number of aromatic nitrogens is 2. The van der Waals surface area contributed by atoms with Gasteiger partial charge in [-0.1, -0.05) is 0 Å². The maximum absolute atomic E-state index is 5.85. The van der Waals surface area contributed by atoms with E-state index in [1.54, 1.807) is 18.4 Å². The number of hydrogen-bond donors (Lipinski definition) is 1. The van der Waals surface area contributed by atoms with Crippen LogP contribution in [0.15, 0.2) is 11.4 Å². The number of nitrogens with two attached hydrogens (primary N) is 1. The fourth-order valence-electron chi connectivity index (χ4n) is 1.51. The van der Waals surface area contributed by atoms with Gasteiger partial charge in [0.1, 0.15) is 17.3 Å². The van der Waals surface area contributed by atoms with Crippen LogP contribution >= 0.6 is 11.3 Å². The summed E-state index contributed by atoms with van der Waals surface area (Å²) in [6.45, 7) is 2.53. The predicted octanol–water partition coefficient (Wildman–Crippen LogP) is 1.45. The first-order chi connectivity index (χ1) is 9.31. The van der Waals surface area contributed by atoms with Crippen LogP contribution in [0.4, 0.5) is 5.82 Å². The summed E-state index contributed by atoms with van der Waals surface area (Å²) >= 11 is 1.54. The molecule has 0 aliphatic heterocycles. The third-order valence-electron chi connectivity index (χ3n) is 2.44. The molecule has 6 nitrogen and oxygen atoms in total. The topological polar surface area (TPSA) is 79.5 Å². The van der Waals surface area contributed by atoms with E-state index in [1.165, 1.54) is 0 Å². The van der Waals surface area contributed by atoms with Crippen molar-refractivity contribution in [2.75, 3.05) is 39.3 Å². The van der Waals surface area contributed by atoms with Crippen molar-refractivity contribution in [3.05, 3.63) is 17.3 Å². The Labute approximate surface area is 115 Å². The van der Waals surface area contributed by atoms with Crippen molar-refractivity contribution in [3.8, 4) is 0 Å². The van der Waals surface area contributed by atoms with Crippen molar-refractivity contribution >= 4 is 27.4 Å². The lowest BCUT2D eigenvalue weighted by atomic mass is 10.4. The first kappa shape index (κ1) is 14.1. The molecule has 104 valence electrons. The van der Waals surface area contributed by atoms with Crippen molar-refractivity contribution in [1.82, 2.24) is 9.97 Å². The normalized spacial score (nSPS) is 11.2. The molecule has 0 aliphatic rings. The van der Waals surface area contributed by atoms with Gasteiger partial charge in [0.2, 0.25) is 0 Å². The lowest BCUT2D eigenvalue weighted by molar-refractivity contribution is 0.0185. The molecule has 0 aromatic carbocycles. The molecule has 0 spiro atoms. The van der Waals surface area contributed by atoms with Gasteiger partial charge >= 0.3 is 0 Å². The zero-order chi connectivity index (χ0) is 13.5. The van der Waals surface area contributed by atoms with Gasteiger partial charge in [-0.25, -0.2) is 9.97 Å². The van der Waals surface area contributed by atoms with Gasteiger partial charge in [0.15, 0.2) is 5.82 Å². The molecule has 2 aromatic heterocycles. The molecule has 2 N–H and O–H groups in total. The number of methoxy groups -OCH3 is 1. The van der Waals surface area contributed by atoms with Crippen molar-refractivity contribution in [2.45, 2.75) is 6.61 Å². The fraction of sp³-hybridized carbons (Fsp3) is 0.500. The lowest BCUT2D eigenvalue weighted by Crippen LogP contribution is -2.09. The van der Waals surface area contributed by atoms with E-state index >= 15 is 0 Å². The monoisotopic (exact) mass is 283 g/mol. The average Bonchev–Trinajstić information content (AvgIpc) is 2.86. The minimum atomic E-state index is 0.339. The van der Waals surface area contributed by atoms with Gasteiger partial charge < -0.3 is 19.9 Å². The number of fused-ring (bicyclic) bond motifs is 1. The Kier molecular flexibility index (Phi) is 5.46. The highest BCUT2D eigenvalue weighted by Gasteiger charge is 2.06. The summed E-state index contributed by atoms with van der Waals surface area (Å²) in [5.41, 5.74) is 5.85. The number of nitrogens with zero attached hydrogens (tertiary/aromatic N) is 2. The largest absolute Gasteiger partial charge is 0.383 e. The Bertz CT molecular complexity index is 518. The molecule has 0 fully saturated rings. The van der Waals surface area contributed by atoms with Crippen LogP contribution in [0.3, 0.4) is 0 Å². The SMILES string of the molecule is COCCOCCOCc1nc(N)c2ccsc2n1. The molecule has 2 heterocycles. The predicted molar refractivity (Wildman–Crippen MR) is 74.2 cm³/mol. The van der Waals surface area contributed by atoms with E-state index in [0.29, 0.717) is 44.7 Å². The van der Waals surface area contributed by atoms with Gasteiger partial charge in [0.05, 0.1) is 31.8 Å². The van der Waals surface area contributed by atoms with Crippen LogP contribution in [0.25, 0.3) is 10.2 Å². The summed E-state index contributed by atoms with van der Waals surface area (Å²) in [7, 11) is 1.64. The number of nitrogen functional groups attached to an aromatic ring is 1. The third-order valence-corrected chi connectivity index (χ3v) is 3.24. The molecule has 0 atom stereocenters. The van der Waals surface area contributed by atoms with Gasteiger partial charge in [-0.3, -0.25) is 0 Å². The summed E-state index contributed by atoms with van der Waals surface area (Å²) < 4.78 is 15.6. The van der Waals surface area contributed by atoms with E-state index in [4.69, 9.17) is 19.9 Å². The molecule has 0 amide bonds. The summed E-state index contributed by atoms with van der Waals surface area (Å²) in [6, 6.07) is 1.92. The maximum atomic E-state index is 5.85. The second kappa shape index (κ2) is 7.34. The van der Waals surface area contributed by atoms with Gasteiger partial charge in [0, 0.05) is 7.11 Å². The Balaban J connectivity index is 1.75. The summed E-state index contributed by atoms with van der Waals surface area (Å²) in [5, 5.41) is 2.85. The summed E-state index contributed by atoms with van der Waals surface area (Å²) in [6.07, 6.45) is 0. The zero-order valence-corrected chi connectivity index (χ0v) is 11.6. The van der Waals surface area contributed by atoms with Gasteiger partial charge in [-0.05, 0) is 11.4 Å². The Hall–Kier alpha value is -1.28. The summed E-state index contributed by atoms with van der Waals surface area (Å²) in [4.78, 5) is 9.48. The van der Waals surface area contributed by atoms with Crippen LogP contribution in [0.2, 0.25) is 0 Å². The van der Waals surface area contributed by atoms with E-state index in [2.05, 4.69) is 9.97 Å². The molecule has 0 aliphatic carbocycles. The highest BCUT2D eigenvalue weighted by atomic mass is 32.1. The summed E-state index contributed by atoms with van der Waals surface area (Å²) in [5.74, 6) is 1.10. The number of rotatable bonds is 8. The second-order valence-electron chi connectivity index (χ2n) is 3.82. The number of hydrogen-bond acceptors (Lipinski definition) is 7. The van der Waals surface area contributed by atoms with Crippen LogP contribution in [-0.2, 0) is 20.8 Å². The van der Waals surface area contributed by atoms with E-state index < -0.39 is 0 Å². The molecule has 0 radical (unpaired) electrons. The van der Waals surface area contributed by atoms with Crippen LogP contribution < -0.4 is 5.73 Å². The second-order valence-corrected chi connectivity index (χ2v) is 4.72. The van der Waals surface area contributed by atoms with E-state index in [9.17, 15) is 0 Å². The minimum absolute atomic E-state index is 0.339. The van der Waals surface area contributed by atoms with Crippen LogP contribution in [-0.4, -0.2) is 43.5 Å². The van der Waals surface area contributed by atoms with Gasteiger partial charge in [-0.2, -0.15) is 0 Å². The molecular formula is C12H17N3O3S. The number of ether oxygens (including phenoxy) is 3. The quantitative estimate of drug-likeness (QED) is 0.739. The van der Waals surface area contributed by atoms with Gasteiger partial charge in [-0.15, -0.1) is 11.3 Å². The molecule has 19 heavy (non-hydrogen) atoms. The molecule has 2 rings (SSSR count). The zero-order valence-electron chi connectivity index (χ0n) is 10.8. The van der Waals surface area contributed by atoms with E-state index in [1.807, 2.05) is 11.4 Å². The Morgan fingerprint density at radius 3 is 2.79 bits per heavy atom.